The minimum Gasteiger partial charge on any atom is -0.320 e. The number of nitrogens with zero attached hydrogens (tertiary/aromatic N) is 3. The van der Waals surface area contributed by atoms with Gasteiger partial charge in [-0.25, -0.2) is 4.99 Å². The van der Waals surface area contributed by atoms with Crippen LogP contribution in [0, 0.1) is 11.3 Å². The largest absolute Gasteiger partial charge is 0.416 e. The number of hydrogen-bond donors (Lipinski definition) is 1. The third-order valence-electron chi connectivity index (χ3n) is 5.47. The first kappa shape index (κ1) is 23.2. The fourth-order valence-electron chi connectivity index (χ4n) is 3.90. The van der Waals surface area contributed by atoms with Gasteiger partial charge < -0.3 is 10.2 Å². The van der Waals surface area contributed by atoms with Crippen LogP contribution in [-0.2, 0) is 17.5 Å². The molecule has 34 heavy (non-hydrogen) atoms. The van der Waals surface area contributed by atoms with Crippen molar-refractivity contribution in [2.75, 3.05) is 18.9 Å². The molecule has 1 heterocycles. The van der Waals surface area contributed by atoms with Crippen molar-refractivity contribution in [3.05, 3.63) is 83.4 Å². The minimum atomic E-state index is -4.50. The standard InChI is InChI=1S/C26H21F3N4O/c1-33(13-5-12-30)16-17-6-2-7-18(14-17)21-10-4-11-22-23(21)24(25(34)32-22)31-20-9-3-8-19(15-20)26(27,28)29/h2-4,6-11,14-15H,5,13,16H2,1H3,(H,31,32,34). The summed E-state index contributed by atoms with van der Waals surface area (Å²) in [7, 11) is 1.94. The number of fused-ring (bicyclic) bond motifs is 1. The number of amides is 1. The van der Waals surface area contributed by atoms with Gasteiger partial charge in [-0.15, -0.1) is 0 Å². The lowest BCUT2D eigenvalue weighted by Crippen LogP contribution is -2.18. The van der Waals surface area contributed by atoms with E-state index in [-0.39, 0.29) is 11.4 Å². The van der Waals surface area contributed by atoms with E-state index in [1.54, 1.807) is 6.07 Å². The summed E-state index contributed by atoms with van der Waals surface area (Å²) in [5.41, 5.74) is 3.06. The maximum atomic E-state index is 13.1. The van der Waals surface area contributed by atoms with E-state index in [1.165, 1.54) is 12.1 Å². The second-order valence-corrected chi connectivity index (χ2v) is 8.04. The number of carbonyl (C=O) groups is 1. The van der Waals surface area contributed by atoms with Crippen LogP contribution >= 0.6 is 0 Å². The fourth-order valence-corrected chi connectivity index (χ4v) is 3.90. The van der Waals surface area contributed by atoms with Crippen molar-refractivity contribution in [3.8, 4) is 17.2 Å². The molecule has 0 fully saturated rings. The molecule has 1 N–H and O–H groups in total. The number of halogens is 3. The molecule has 0 bridgehead atoms. The summed E-state index contributed by atoms with van der Waals surface area (Å²) in [6, 6.07) is 20.0. The molecule has 0 radical (unpaired) electrons. The highest BCUT2D eigenvalue weighted by atomic mass is 19.4. The molecule has 1 amide bonds. The first-order chi connectivity index (χ1) is 16.3. The zero-order valence-electron chi connectivity index (χ0n) is 18.4. The van der Waals surface area contributed by atoms with Crippen molar-refractivity contribution < 1.29 is 18.0 Å². The minimum absolute atomic E-state index is 0.0514. The average Bonchev–Trinajstić information content (AvgIpc) is 3.12. The van der Waals surface area contributed by atoms with Gasteiger partial charge >= 0.3 is 6.18 Å². The molecule has 0 aromatic heterocycles. The summed E-state index contributed by atoms with van der Waals surface area (Å²) in [6.07, 6.45) is -4.07. The molecule has 0 saturated heterocycles. The number of carbonyl (C=O) groups excluding carboxylic acids is 1. The van der Waals surface area contributed by atoms with Gasteiger partial charge in [-0.05, 0) is 54.1 Å². The molecule has 8 heteroatoms. The summed E-state index contributed by atoms with van der Waals surface area (Å²) in [6.45, 7) is 1.29. The van der Waals surface area contributed by atoms with Crippen LogP contribution in [0.3, 0.4) is 0 Å². The van der Waals surface area contributed by atoms with E-state index in [1.807, 2.05) is 48.3 Å². The fraction of sp³-hybridized carbons (Fsp3) is 0.192. The molecule has 0 spiro atoms. The second-order valence-electron chi connectivity index (χ2n) is 8.04. The van der Waals surface area contributed by atoms with E-state index in [4.69, 9.17) is 5.26 Å². The van der Waals surface area contributed by atoms with E-state index in [9.17, 15) is 18.0 Å². The van der Waals surface area contributed by atoms with E-state index in [0.717, 1.165) is 28.8 Å². The molecule has 0 aliphatic carbocycles. The lowest BCUT2D eigenvalue weighted by atomic mass is 9.95. The number of nitriles is 1. The average molecular weight is 462 g/mol. The van der Waals surface area contributed by atoms with Gasteiger partial charge in [0.25, 0.3) is 5.91 Å². The Morgan fingerprint density at radius 3 is 2.59 bits per heavy atom. The van der Waals surface area contributed by atoms with Gasteiger partial charge in [-0.1, -0.05) is 36.4 Å². The van der Waals surface area contributed by atoms with Crippen molar-refractivity contribution in [2.24, 2.45) is 4.99 Å². The van der Waals surface area contributed by atoms with E-state index < -0.39 is 17.6 Å². The lowest BCUT2D eigenvalue weighted by molar-refractivity contribution is -0.137. The molecule has 0 saturated carbocycles. The molecule has 0 atom stereocenters. The second kappa shape index (κ2) is 9.49. The van der Waals surface area contributed by atoms with Gasteiger partial charge in [0.05, 0.1) is 23.0 Å². The van der Waals surface area contributed by atoms with Crippen molar-refractivity contribution in [3.63, 3.8) is 0 Å². The molecule has 1 aliphatic heterocycles. The van der Waals surface area contributed by atoms with Crippen molar-refractivity contribution in [2.45, 2.75) is 19.1 Å². The third kappa shape index (κ3) is 5.00. The predicted molar refractivity (Wildman–Crippen MR) is 125 cm³/mol. The number of hydrogen-bond acceptors (Lipinski definition) is 4. The van der Waals surface area contributed by atoms with E-state index in [2.05, 4.69) is 16.4 Å². The zero-order valence-corrected chi connectivity index (χ0v) is 18.4. The Bertz CT molecular complexity index is 1310. The third-order valence-corrected chi connectivity index (χ3v) is 5.47. The smallest absolute Gasteiger partial charge is 0.320 e. The SMILES string of the molecule is CN(CCC#N)Cc1cccc(-c2cccc3c2C(=Nc2cccc(C(F)(F)F)c2)C(=O)N3)c1. The van der Waals surface area contributed by atoms with Gasteiger partial charge in [0, 0.05) is 25.1 Å². The molecule has 1 aliphatic rings. The molecule has 0 unspecified atom stereocenters. The Morgan fingerprint density at radius 1 is 1.06 bits per heavy atom. The Hall–Kier alpha value is -3.96. The Morgan fingerprint density at radius 2 is 1.82 bits per heavy atom. The van der Waals surface area contributed by atoms with Gasteiger partial charge in [-0.2, -0.15) is 18.4 Å². The zero-order chi connectivity index (χ0) is 24.3. The summed E-state index contributed by atoms with van der Waals surface area (Å²) < 4.78 is 39.4. The van der Waals surface area contributed by atoms with Gasteiger partial charge in [0.1, 0.15) is 5.71 Å². The quantitative estimate of drug-likeness (QED) is 0.504. The van der Waals surface area contributed by atoms with Gasteiger partial charge in [-0.3, -0.25) is 4.79 Å². The molecule has 3 aromatic rings. The molecular weight excluding hydrogens is 441 g/mol. The Labute approximate surface area is 195 Å². The van der Waals surface area contributed by atoms with Crippen molar-refractivity contribution in [1.82, 2.24) is 4.90 Å². The Balaban J connectivity index is 1.73. The maximum Gasteiger partial charge on any atom is 0.416 e. The van der Waals surface area contributed by atoms with Crippen LogP contribution in [-0.4, -0.2) is 30.1 Å². The lowest BCUT2D eigenvalue weighted by Gasteiger charge is -2.16. The van der Waals surface area contributed by atoms with Crippen LogP contribution in [0.25, 0.3) is 11.1 Å². The maximum absolute atomic E-state index is 13.1. The summed E-state index contributed by atoms with van der Waals surface area (Å²) >= 11 is 0. The summed E-state index contributed by atoms with van der Waals surface area (Å²) in [5, 5.41) is 11.6. The van der Waals surface area contributed by atoms with Crippen LogP contribution in [0.2, 0.25) is 0 Å². The highest BCUT2D eigenvalue weighted by molar-refractivity contribution is 6.55. The number of alkyl halides is 3. The van der Waals surface area contributed by atoms with Gasteiger partial charge in [0.2, 0.25) is 0 Å². The summed E-state index contributed by atoms with van der Waals surface area (Å²) in [4.78, 5) is 19.1. The number of benzene rings is 3. The van der Waals surface area contributed by atoms with Crippen LogP contribution < -0.4 is 5.32 Å². The first-order valence-electron chi connectivity index (χ1n) is 10.6. The molecular formula is C26H21F3N4O. The van der Waals surface area contributed by atoms with E-state index >= 15 is 0 Å². The van der Waals surface area contributed by atoms with Crippen molar-refractivity contribution in [1.29, 1.82) is 5.26 Å². The molecule has 3 aromatic carbocycles. The topological polar surface area (TPSA) is 68.5 Å². The normalized spacial score (nSPS) is 14.2. The number of rotatable bonds is 6. The summed E-state index contributed by atoms with van der Waals surface area (Å²) in [5.74, 6) is -0.466. The number of anilines is 1. The Kier molecular flexibility index (Phi) is 6.48. The van der Waals surface area contributed by atoms with Crippen LogP contribution in [0.1, 0.15) is 23.1 Å². The highest BCUT2D eigenvalue weighted by Crippen LogP contribution is 2.36. The molecule has 5 nitrogen and oxygen atoms in total. The number of aliphatic imine (C=N–C) groups is 1. The van der Waals surface area contributed by atoms with Crippen LogP contribution in [0.15, 0.2) is 71.7 Å². The van der Waals surface area contributed by atoms with Crippen LogP contribution in [0.4, 0.5) is 24.5 Å². The van der Waals surface area contributed by atoms with E-state index in [0.29, 0.717) is 30.8 Å². The number of nitrogens with one attached hydrogen (secondary N) is 1. The monoisotopic (exact) mass is 462 g/mol. The first-order valence-corrected chi connectivity index (χ1v) is 10.6. The van der Waals surface area contributed by atoms with Crippen LogP contribution in [0.5, 0.6) is 0 Å². The predicted octanol–water partition coefficient (Wildman–Crippen LogP) is 5.79. The van der Waals surface area contributed by atoms with Gasteiger partial charge in [0.15, 0.2) is 0 Å². The highest BCUT2D eigenvalue weighted by Gasteiger charge is 2.32. The van der Waals surface area contributed by atoms with Crippen molar-refractivity contribution >= 4 is 23.0 Å². The molecule has 4 rings (SSSR count). The molecule has 172 valence electrons.